The van der Waals surface area contributed by atoms with Crippen molar-refractivity contribution in [3.63, 3.8) is 0 Å². The van der Waals surface area contributed by atoms with Gasteiger partial charge in [-0.1, -0.05) is 101 Å². The zero-order chi connectivity index (χ0) is 30.8. The molecule has 0 radical (unpaired) electrons. The maximum atomic E-state index is 11.3. The lowest BCUT2D eigenvalue weighted by Crippen LogP contribution is -2.44. The van der Waals surface area contributed by atoms with E-state index >= 15 is 0 Å². The predicted octanol–water partition coefficient (Wildman–Crippen LogP) is 9.11. The summed E-state index contributed by atoms with van der Waals surface area (Å²) in [6.07, 6.45) is 12.6. The third-order valence-electron chi connectivity index (χ3n) is 5.45. The van der Waals surface area contributed by atoms with Crippen LogP contribution in [-0.4, -0.2) is 44.9 Å². The van der Waals surface area contributed by atoms with Gasteiger partial charge in [-0.3, -0.25) is 4.79 Å². The second-order valence-corrected chi connectivity index (χ2v) is 9.07. The van der Waals surface area contributed by atoms with E-state index < -0.39 is 11.2 Å². The molecule has 0 spiro atoms. The van der Waals surface area contributed by atoms with Gasteiger partial charge in [0.05, 0.1) is 11.2 Å². The van der Waals surface area contributed by atoms with Gasteiger partial charge in [0.2, 0.25) is 0 Å². The van der Waals surface area contributed by atoms with E-state index in [4.69, 9.17) is 10.2 Å². The van der Waals surface area contributed by atoms with Crippen LogP contribution in [0.25, 0.3) is 0 Å². The number of hydrogen-bond acceptors (Lipinski definition) is 5. The summed E-state index contributed by atoms with van der Waals surface area (Å²) in [7, 11) is 1.96. The van der Waals surface area contributed by atoms with Gasteiger partial charge in [0, 0.05) is 19.7 Å². The summed E-state index contributed by atoms with van der Waals surface area (Å²) in [6, 6.07) is 0. The molecule has 5 nitrogen and oxygen atoms in total. The Kier molecular flexibility index (Phi) is 33.4. The molecule has 1 unspecified atom stereocenters. The lowest BCUT2D eigenvalue weighted by molar-refractivity contribution is -0.111. The fourth-order valence-electron chi connectivity index (χ4n) is 2.18. The van der Waals surface area contributed by atoms with E-state index in [-0.39, 0.29) is 5.78 Å². The SMILES string of the molecule is C/C=C\C=C1\N=C(C(C)=O)C=C(CC)N1C.CC.CC.CC.CC(C)(O)C(C)(C)O.CCCC(C)CC. The Hall–Kier alpha value is -1.72. The lowest BCUT2D eigenvalue weighted by atomic mass is 9.90. The zero-order valence-electron chi connectivity index (χ0n) is 27.9. The zero-order valence-corrected chi connectivity index (χ0v) is 27.9. The Morgan fingerprint density at radius 1 is 1.00 bits per heavy atom. The van der Waals surface area contributed by atoms with Crippen molar-refractivity contribution in [1.29, 1.82) is 0 Å². The van der Waals surface area contributed by atoms with Crippen LogP contribution in [0.15, 0.2) is 40.8 Å². The number of ketones is 1. The first-order valence-corrected chi connectivity index (χ1v) is 14.5. The molecule has 0 aromatic heterocycles. The van der Waals surface area contributed by atoms with Crippen LogP contribution in [0.4, 0.5) is 0 Å². The molecule has 1 atom stereocenters. The van der Waals surface area contributed by atoms with E-state index in [0.717, 1.165) is 23.9 Å². The summed E-state index contributed by atoms with van der Waals surface area (Å²) in [5.41, 5.74) is -0.373. The van der Waals surface area contributed by atoms with E-state index in [1.807, 2.05) is 84.7 Å². The summed E-state index contributed by atoms with van der Waals surface area (Å²) in [5.74, 6) is 1.76. The summed E-state index contributed by atoms with van der Waals surface area (Å²) >= 11 is 0. The van der Waals surface area contributed by atoms with Crippen molar-refractivity contribution < 1.29 is 15.0 Å². The quantitative estimate of drug-likeness (QED) is 0.347. The summed E-state index contributed by atoms with van der Waals surface area (Å²) in [4.78, 5) is 17.7. The Balaban J connectivity index is -0.000000137. The molecule has 0 bridgehead atoms. The van der Waals surface area contributed by atoms with Crippen molar-refractivity contribution in [1.82, 2.24) is 4.90 Å². The minimum atomic E-state index is -1.01. The van der Waals surface area contributed by atoms with Crippen molar-refractivity contribution >= 4 is 11.5 Å². The lowest BCUT2D eigenvalue weighted by Gasteiger charge is -2.31. The number of Topliss-reactive ketones (excluding diaryl/α,β-unsaturated/α-hetero) is 1. The number of hydrogen-bond donors (Lipinski definition) is 2. The normalized spacial score (nSPS) is 14.5. The molecule has 1 rings (SSSR count). The fraction of sp³-hybridized carbons (Fsp3) is 0.750. The highest BCUT2D eigenvalue weighted by Crippen LogP contribution is 2.20. The molecular weight excluding hydrogens is 460 g/mol. The number of aliphatic hydroxyl groups is 2. The minimum Gasteiger partial charge on any atom is -0.387 e. The molecule has 0 amide bonds. The van der Waals surface area contributed by atoms with Crippen LogP contribution in [0.1, 0.15) is 136 Å². The maximum absolute atomic E-state index is 11.3. The molecule has 0 saturated heterocycles. The van der Waals surface area contributed by atoms with Crippen LogP contribution < -0.4 is 0 Å². The standard InChI is InChI=1S/C13H18N2O.C7H16.C6H14O2.3C2H6/c1-5-7-8-13-14-12(10(3)16)9-11(6-2)15(13)4;1-4-6-7(3)5-2;1-5(2,7)6(3,4)8;3*1-2/h5,7-9H,6H2,1-4H3;7H,4-6H2,1-3H3;7-8H,1-4H3;3*1-2H3/b7-5-,13-8-;;;;;. The first-order valence-electron chi connectivity index (χ1n) is 14.5. The van der Waals surface area contributed by atoms with Gasteiger partial charge in [-0.25, -0.2) is 4.99 Å². The molecule has 0 aromatic carbocycles. The first kappa shape index (κ1) is 45.2. The molecular formula is C32H66N2O3. The van der Waals surface area contributed by atoms with E-state index in [1.54, 1.807) is 34.6 Å². The van der Waals surface area contributed by atoms with Crippen LogP contribution in [0.2, 0.25) is 0 Å². The van der Waals surface area contributed by atoms with Crippen LogP contribution in [0.5, 0.6) is 0 Å². The Labute approximate surface area is 232 Å². The number of allylic oxidation sites excluding steroid dienone is 5. The number of carbonyl (C=O) groups is 1. The average Bonchev–Trinajstić information content (AvgIpc) is 2.86. The second-order valence-electron chi connectivity index (χ2n) is 9.07. The minimum absolute atomic E-state index is 0.00503. The van der Waals surface area contributed by atoms with Gasteiger partial charge in [0.15, 0.2) is 5.78 Å². The Morgan fingerprint density at radius 3 is 1.68 bits per heavy atom. The maximum Gasteiger partial charge on any atom is 0.178 e. The molecule has 0 aromatic rings. The fourth-order valence-corrected chi connectivity index (χ4v) is 2.18. The number of carbonyl (C=O) groups excluding carboxylic acids is 1. The molecule has 2 N–H and O–H groups in total. The smallest absolute Gasteiger partial charge is 0.178 e. The molecule has 1 heterocycles. The largest absolute Gasteiger partial charge is 0.387 e. The van der Waals surface area contributed by atoms with E-state index in [0.29, 0.717) is 5.71 Å². The topological polar surface area (TPSA) is 73.1 Å². The van der Waals surface area contributed by atoms with Crippen molar-refractivity contribution in [3.05, 3.63) is 35.8 Å². The number of rotatable bonds is 7. The monoisotopic (exact) mass is 527 g/mol. The van der Waals surface area contributed by atoms with Gasteiger partial charge < -0.3 is 15.1 Å². The highest BCUT2D eigenvalue weighted by atomic mass is 16.3. The van der Waals surface area contributed by atoms with Crippen molar-refractivity contribution in [3.8, 4) is 0 Å². The predicted molar refractivity (Wildman–Crippen MR) is 168 cm³/mol. The van der Waals surface area contributed by atoms with Gasteiger partial charge in [-0.05, 0) is 59.1 Å². The first-order chi connectivity index (χ1) is 17.2. The number of aliphatic imine (C=N–C) groups is 1. The van der Waals surface area contributed by atoms with Crippen molar-refractivity contribution in [2.24, 2.45) is 10.9 Å². The van der Waals surface area contributed by atoms with E-state index in [9.17, 15) is 4.79 Å². The number of nitrogens with zero attached hydrogens (tertiary/aromatic N) is 2. The van der Waals surface area contributed by atoms with Gasteiger partial charge in [0.25, 0.3) is 0 Å². The molecule has 0 aliphatic carbocycles. The van der Waals surface area contributed by atoms with Gasteiger partial charge in [-0.2, -0.15) is 0 Å². The van der Waals surface area contributed by atoms with Crippen molar-refractivity contribution in [2.75, 3.05) is 7.05 Å². The molecule has 1 aliphatic rings. The van der Waals surface area contributed by atoms with Gasteiger partial charge in [-0.15, -0.1) is 0 Å². The van der Waals surface area contributed by atoms with Crippen molar-refractivity contribution in [2.45, 2.75) is 148 Å². The molecule has 37 heavy (non-hydrogen) atoms. The molecule has 0 saturated carbocycles. The Bertz CT molecular complexity index is 634. The molecule has 5 heteroatoms. The molecule has 222 valence electrons. The summed E-state index contributed by atoms with van der Waals surface area (Å²) < 4.78 is 0. The highest BCUT2D eigenvalue weighted by molar-refractivity contribution is 6.44. The third kappa shape index (κ3) is 24.4. The van der Waals surface area contributed by atoms with Gasteiger partial charge >= 0.3 is 0 Å². The second kappa shape index (κ2) is 27.3. The summed E-state index contributed by atoms with van der Waals surface area (Å²) in [6.45, 7) is 30.7. The average molecular weight is 527 g/mol. The van der Waals surface area contributed by atoms with Crippen LogP contribution in [0.3, 0.4) is 0 Å². The highest BCUT2D eigenvalue weighted by Gasteiger charge is 2.31. The van der Waals surface area contributed by atoms with Crippen LogP contribution in [0, 0.1) is 5.92 Å². The third-order valence-corrected chi connectivity index (χ3v) is 5.45. The Morgan fingerprint density at radius 2 is 1.43 bits per heavy atom. The van der Waals surface area contributed by atoms with Crippen LogP contribution >= 0.6 is 0 Å². The van der Waals surface area contributed by atoms with E-state index in [1.165, 1.54) is 19.3 Å². The summed E-state index contributed by atoms with van der Waals surface area (Å²) in [5, 5.41) is 18.2. The van der Waals surface area contributed by atoms with Crippen LogP contribution in [-0.2, 0) is 4.79 Å². The van der Waals surface area contributed by atoms with E-state index in [2.05, 4.69) is 32.7 Å². The van der Waals surface area contributed by atoms with Gasteiger partial charge in [0.1, 0.15) is 11.5 Å². The molecule has 1 aliphatic heterocycles. The molecule has 0 fully saturated rings.